The first kappa shape index (κ1) is 21.6. The summed E-state index contributed by atoms with van der Waals surface area (Å²) >= 11 is 1.77. The molecular formula is C16H31IN4S. The van der Waals surface area contributed by atoms with Gasteiger partial charge in [-0.3, -0.25) is 4.99 Å². The third kappa shape index (κ3) is 8.92. The molecule has 0 saturated carbocycles. The Kier molecular flexibility index (Phi) is 12.9. The van der Waals surface area contributed by atoms with Gasteiger partial charge in [0.1, 0.15) is 0 Å². The van der Waals surface area contributed by atoms with Crippen molar-refractivity contribution in [2.75, 3.05) is 20.1 Å². The second-order valence-electron chi connectivity index (χ2n) is 5.40. The van der Waals surface area contributed by atoms with Crippen molar-refractivity contribution in [3.05, 3.63) is 16.1 Å². The highest BCUT2D eigenvalue weighted by Gasteiger charge is 2.04. The predicted molar refractivity (Wildman–Crippen MR) is 109 cm³/mol. The van der Waals surface area contributed by atoms with Crippen molar-refractivity contribution in [3.63, 3.8) is 0 Å². The van der Waals surface area contributed by atoms with Crippen LogP contribution in [-0.4, -0.2) is 31.1 Å². The average Bonchev–Trinajstić information content (AvgIpc) is 2.91. The molecule has 0 fully saturated rings. The van der Waals surface area contributed by atoms with Crippen LogP contribution < -0.4 is 10.6 Å². The van der Waals surface area contributed by atoms with Crippen molar-refractivity contribution in [1.29, 1.82) is 0 Å². The highest BCUT2D eigenvalue weighted by atomic mass is 127. The van der Waals surface area contributed by atoms with Crippen LogP contribution in [0.15, 0.2) is 10.4 Å². The van der Waals surface area contributed by atoms with Crippen LogP contribution in [0.4, 0.5) is 0 Å². The molecule has 0 unspecified atom stereocenters. The van der Waals surface area contributed by atoms with Gasteiger partial charge in [0.05, 0.1) is 5.01 Å². The maximum Gasteiger partial charge on any atom is 0.190 e. The Hall–Kier alpha value is -0.370. The summed E-state index contributed by atoms with van der Waals surface area (Å²) in [5.74, 6) is 1.66. The van der Waals surface area contributed by atoms with E-state index in [1.54, 1.807) is 11.3 Å². The molecule has 1 rings (SSSR count). The number of hydrogen-bond donors (Lipinski definition) is 2. The van der Waals surface area contributed by atoms with Gasteiger partial charge < -0.3 is 10.6 Å². The monoisotopic (exact) mass is 438 g/mol. The SMILES string of the molecule is CCC(CC)CNC(=NC)NCCCCc1nc(C)cs1.I. The van der Waals surface area contributed by atoms with Gasteiger partial charge in [0, 0.05) is 31.2 Å². The molecule has 1 aromatic rings. The molecule has 0 bridgehead atoms. The maximum absolute atomic E-state index is 4.49. The molecule has 0 amide bonds. The van der Waals surface area contributed by atoms with Crippen LogP contribution in [0.1, 0.15) is 50.2 Å². The molecule has 0 spiro atoms. The van der Waals surface area contributed by atoms with Crippen molar-refractivity contribution < 1.29 is 0 Å². The molecule has 0 atom stereocenters. The lowest BCUT2D eigenvalue weighted by Crippen LogP contribution is -2.40. The van der Waals surface area contributed by atoms with Crippen LogP contribution in [0.2, 0.25) is 0 Å². The molecule has 128 valence electrons. The third-order valence-corrected chi connectivity index (χ3v) is 4.74. The number of rotatable bonds is 9. The van der Waals surface area contributed by atoms with Gasteiger partial charge in [0.25, 0.3) is 0 Å². The van der Waals surface area contributed by atoms with Gasteiger partial charge in [-0.05, 0) is 32.1 Å². The Morgan fingerprint density at radius 1 is 1.27 bits per heavy atom. The molecule has 1 aromatic heterocycles. The fraction of sp³-hybridized carbons (Fsp3) is 0.750. The van der Waals surface area contributed by atoms with Gasteiger partial charge in [-0.1, -0.05) is 26.7 Å². The Morgan fingerprint density at radius 3 is 2.55 bits per heavy atom. The summed E-state index contributed by atoms with van der Waals surface area (Å²) in [5, 5.41) is 10.2. The number of nitrogens with zero attached hydrogens (tertiary/aromatic N) is 2. The number of halogens is 1. The van der Waals surface area contributed by atoms with Crippen molar-refractivity contribution >= 4 is 41.3 Å². The Balaban J connectivity index is 0.00000441. The van der Waals surface area contributed by atoms with Crippen LogP contribution in [0.25, 0.3) is 0 Å². The first-order valence-electron chi connectivity index (χ1n) is 8.05. The van der Waals surface area contributed by atoms with Gasteiger partial charge in [-0.15, -0.1) is 35.3 Å². The highest BCUT2D eigenvalue weighted by Crippen LogP contribution is 2.11. The van der Waals surface area contributed by atoms with Gasteiger partial charge in [-0.25, -0.2) is 4.98 Å². The number of guanidine groups is 1. The quantitative estimate of drug-likeness (QED) is 0.265. The van der Waals surface area contributed by atoms with Crippen molar-refractivity contribution in [3.8, 4) is 0 Å². The van der Waals surface area contributed by atoms with Crippen LogP contribution in [0.5, 0.6) is 0 Å². The van der Waals surface area contributed by atoms with E-state index >= 15 is 0 Å². The zero-order chi connectivity index (χ0) is 15.5. The molecule has 0 radical (unpaired) electrons. The van der Waals surface area contributed by atoms with Crippen LogP contribution >= 0.6 is 35.3 Å². The van der Waals surface area contributed by atoms with Gasteiger partial charge >= 0.3 is 0 Å². The Labute approximate surface area is 156 Å². The van der Waals surface area contributed by atoms with Gasteiger partial charge in [0.15, 0.2) is 5.96 Å². The number of unbranched alkanes of at least 4 members (excludes halogenated alkanes) is 1. The minimum Gasteiger partial charge on any atom is -0.356 e. The average molecular weight is 438 g/mol. The molecule has 0 aromatic carbocycles. The molecule has 0 aliphatic rings. The van der Waals surface area contributed by atoms with Crippen LogP contribution in [-0.2, 0) is 6.42 Å². The van der Waals surface area contributed by atoms with Crippen molar-refractivity contribution in [2.24, 2.45) is 10.9 Å². The summed E-state index contributed by atoms with van der Waals surface area (Å²) in [5.41, 5.74) is 1.14. The van der Waals surface area contributed by atoms with E-state index in [2.05, 4.69) is 46.8 Å². The minimum atomic E-state index is 0. The highest BCUT2D eigenvalue weighted by molar-refractivity contribution is 14.0. The molecule has 0 aliphatic heterocycles. The Morgan fingerprint density at radius 2 is 2.00 bits per heavy atom. The summed E-state index contributed by atoms with van der Waals surface area (Å²) in [6.45, 7) is 8.51. The zero-order valence-electron chi connectivity index (χ0n) is 14.3. The van der Waals surface area contributed by atoms with Crippen LogP contribution in [0, 0.1) is 12.8 Å². The first-order chi connectivity index (χ1) is 10.2. The molecule has 1 heterocycles. The standard InChI is InChI=1S/C16H30N4S.HI/c1-5-14(6-2)11-19-16(17-4)18-10-8-7-9-15-20-13(3)12-21-15;/h12,14H,5-11H2,1-4H3,(H2,17,18,19);1H. The first-order valence-corrected chi connectivity index (χ1v) is 8.93. The lowest BCUT2D eigenvalue weighted by molar-refractivity contribution is 0.481. The molecule has 6 heteroatoms. The smallest absolute Gasteiger partial charge is 0.190 e. The van der Waals surface area contributed by atoms with E-state index in [1.807, 2.05) is 7.05 Å². The lowest BCUT2D eigenvalue weighted by Gasteiger charge is -2.16. The second kappa shape index (κ2) is 13.1. The molecule has 0 aliphatic carbocycles. The topological polar surface area (TPSA) is 49.3 Å². The van der Waals surface area contributed by atoms with E-state index in [-0.39, 0.29) is 24.0 Å². The summed E-state index contributed by atoms with van der Waals surface area (Å²) < 4.78 is 0. The number of nitrogens with one attached hydrogen (secondary N) is 2. The van der Waals surface area contributed by atoms with E-state index in [0.29, 0.717) is 0 Å². The number of aromatic nitrogens is 1. The fourth-order valence-electron chi connectivity index (χ4n) is 2.16. The van der Waals surface area contributed by atoms with E-state index in [9.17, 15) is 0 Å². The summed E-state index contributed by atoms with van der Waals surface area (Å²) in [7, 11) is 1.83. The van der Waals surface area contributed by atoms with E-state index in [1.165, 1.54) is 24.3 Å². The summed E-state index contributed by atoms with van der Waals surface area (Å²) in [6, 6.07) is 0. The third-order valence-electron chi connectivity index (χ3n) is 3.71. The minimum absolute atomic E-state index is 0. The largest absolute Gasteiger partial charge is 0.356 e. The molecule has 4 nitrogen and oxygen atoms in total. The number of aryl methyl sites for hydroxylation is 2. The van der Waals surface area contributed by atoms with Crippen LogP contribution in [0.3, 0.4) is 0 Å². The summed E-state index contributed by atoms with van der Waals surface area (Å²) in [6.07, 6.45) is 5.83. The van der Waals surface area contributed by atoms with Gasteiger partial charge in [0.2, 0.25) is 0 Å². The number of thiazole rings is 1. The van der Waals surface area contributed by atoms with Crippen molar-refractivity contribution in [2.45, 2.75) is 52.9 Å². The Bertz CT molecular complexity index is 416. The fourth-order valence-corrected chi connectivity index (χ4v) is 2.98. The van der Waals surface area contributed by atoms with E-state index < -0.39 is 0 Å². The molecule has 22 heavy (non-hydrogen) atoms. The van der Waals surface area contributed by atoms with E-state index in [0.717, 1.165) is 43.5 Å². The maximum atomic E-state index is 4.49. The molecule has 2 N–H and O–H groups in total. The molecule has 0 saturated heterocycles. The lowest BCUT2D eigenvalue weighted by atomic mass is 10.0. The van der Waals surface area contributed by atoms with E-state index in [4.69, 9.17) is 0 Å². The molecular weight excluding hydrogens is 407 g/mol. The van der Waals surface area contributed by atoms with Crippen molar-refractivity contribution in [1.82, 2.24) is 15.6 Å². The normalized spacial score (nSPS) is 11.4. The zero-order valence-corrected chi connectivity index (χ0v) is 17.5. The number of hydrogen-bond acceptors (Lipinski definition) is 3. The summed E-state index contributed by atoms with van der Waals surface area (Å²) in [4.78, 5) is 8.76. The predicted octanol–water partition coefficient (Wildman–Crippen LogP) is 3.99. The van der Waals surface area contributed by atoms with Gasteiger partial charge in [-0.2, -0.15) is 0 Å². The number of aliphatic imine (C=N–C) groups is 1. The second-order valence-corrected chi connectivity index (χ2v) is 6.34.